The minimum absolute atomic E-state index is 0.114. The van der Waals surface area contributed by atoms with E-state index >= 15 is 0 Å². The van der Waals surface area contributed by atoms with E-state index in [1.54, 1.807) is 0 Å². The Morgan fingerprint density at radius 1 is 1.04 bits per heavy atom. The molecule has 1 fully saturated rings. The molecular weight excluding hydrogens is 346 g/mol. The number of non-ortho nitro benzene ring substituents is 2. The van der Waals surface area contributed by atoms with Gasteiger partial charge in [0.15, 0.2) is 0 Å². The number of ether oxygens (including phenoxy) is 1. The number of nitro benzene ring substituents is 2. The highest BCUT2D eigenvalue weighted by atomic mass is 16.6. The lowest BCUT2D eigenvalue weighted by atomic mass is 10.1. The zero-order valence-electron chi connectivity index (χ0n) is 13.9. The molecule has 0 N–H and O–H groups in total. The largest absolute Gasteiger partial charge is 0.379 e. The Bertz CT molecular complexity index is 770. The fourth-order valence-electron chi connectivity index (χ4n) is 2.65. The van der Waals surface area contributed by atoms with Crippen LogP contribution in [0.25, 0.3) is 11.4 Å². The van der Waals surface area contributed by atoms with Crippen LogP contribution >= 0.6 is 0 Å². The van der Waals surface area contributed by atoms with Crippen LogP contribution in [0.4, 0.5) is 11.4 Å². The van der Waals surface area contributed by atoms with Gasteiger partial charge in [0.1, 0.15) is 0 Å². The van der Waals surface area contributed by atoms with E-state index in [1.807, 2.05) is 0 Å². The van der Waals surface area contributed by atoms with Crippen LogP contribution in [0, 0.1) is 20.2 Å². The molecular formula is C14H17N7O5. The third-order valence-electron chi connectivity index (χ3n) is 3.97. The van der Waals surface area contributed by atoms with Crippen molar-refractivity contribution in [2.24, 2.45) is 0 Å². The molecule has 0 saturated carbocycles. The molecule has 0 unspecified atom stereocenters. The Labute approximate surface area is 147 Å². The van der Waals surface area contributed by atoms with Crippen molar-refractivity contribution in [1.82, 2.24) is 25.1 Å². The van der Waals surface area contributed by atoms with Gasteiger partial charge in [-0.25, -0.2) is 0 Å². The highest BCUT2D eigenvalue weighted by molar-refractivity contribution is 5.63. The first-order valence-corrected chi connectivity index (χ1v) is 8.05. The first-order valence-electron chi connectivity index (χ1n) is 8.05. The molecule has 1 aliphatic heterocycles. The smallest absolute Gasteiger partial charge is 0.277 e. The van der Waals surface area contributed by atoms with Crippen molar-refractivity contribution >= 4 is 11.4 Å². The average Bonchev–Trinajstić information content (AvgIpc) is 3.11. The van der Waals surface area contributed by atoms with Gasteiger partial charge in [0, 0.05) is 37.3 Å². The molecule has 1 aromatic heterocycles. The average molecular weight is 363 g/mol. The zero-order valence-corrected chi connectivity index (χ0v) is 13.9. The number of nitrogens with zero attached hydrogens (tertiary/aromatic N) is 7. The summed E-state index contributed by atoms with van der Waals surface area (Å²) in [7, 11) is 0. The van der Waals surface area contributed by atoms with Gasteiger partial charge in [-0.3, -0.25) is 25.1 Å². The molecule has 2 heterocycles. The third kappa shape index (κ3) is 4.34. The number of nitro groups is 2. The molecule has 1 aromatic carbocycles. The first kappa shape index (κ1) is 17.8. The highest BCUT2D eigenvalue weighted by Crippen LogP contribution is 2.27. The lowest BCUT2D eigenvalue weighted by molar-refractivity contribution is -0.394. The van der Waals surface area contributed by atoms with Crippen molar-refractivity contribution in [3.63, 3.8) is 0 Å². The normalized spacial score (nSPS) is 15.1. The van der Waals surface area contributed by atoms with Crippen molar-refractivity contribution in [2.45, 2.75) is 13.0 Å². The van der Waals surface area contributed by atoms with Gasteiger partial charge in [0.25, 0.3) is 11.4 Å². The number of hydrogen-bond donors (Lipinski definition) is 0. The summed E-state index contributed by atoms with van der Waals surface area (Å²) >= 11 is 0. The summed E-state index contributed by atoms with van der Waals surface area (Å²) in [5, 5.41) is 33.9. The zero-order chi connectivity index (χ0) is 18.5. The van der Waals surface area contributed by atoms with Crippen LogP contribution in [0.5, 0.6) is 0 Å². The number of aryl methyl sites for hydroxylation is 1. The maximum absolute atomic E-state index is 11.0. The quantitative estimate of drug-likeness (QED) is 0.517. The number of tetrazole rings is 1. The number of hydrogen-bond acceptors (Lipinski definition) is 9. The molecule has 0 spiro atoms. The van der Waals surface area contributed by atoms with E-state index in [-0.39, 0.29) is 11.4 Å². The summed E-state index contributed by atoms with van der Waals surface area (Å²) in [6.07, 6.45) is 0.810. The maximum atomic E-state index is 11.0. The van der Waals surface area contributed by atoms with Crippen LogP contribution in [0.2, 0.25) is 0 Å². The number of aromatic nitrogens is 4. The van der Waals surface area contributed by atoms with E-state index < -0.39 is 21.2 Å². The van der Waals surface area contributed by atoms with Crippen LogP contribution in [0.15, 0.2) is 18.2 Å². The topological polar surface area (TPSA) is 142 Å². The van der Waals surface area contributed by atoms with E-state index in [0.29, 0.717) is 6.54 Å². The molecule has 138 valence electrons. The summed E-state index contributed by atoms with van der Waals surface area (Å²) in [6, 6.07) is 3.29. The summed E-state index contributed by atoms with van der Waals surface area (Å²) in [4.78, 5) is 24.2. The summed E-state index contributed by atoms with van der Waals surface area (Å²) in [5.74, 6) is 0.114. The summed E-state index contributed by atoms with van der Waals surface area (Å²) in [5.41, 5.74) is -0.596. The number of rotatable bonds is 7. The van der Waals surface area contributed by atoms with Crippen molar-refractivity contribution in [3.05, 3.63) is 38.4 Å². The molecule has 1 aliphatic rings. The molecule has 3 rings (SSSR count). The van der Waals surface area contributed by atoms with Crippen LogP contribution in [-0.2, 0) is 11.3 Å². The van der Waals surface area contributed by atoms with Crippen molar-refractivity contribution in [2.75, 3.05) is 32.8 Å². The highest BCUT2D eigenvalue weighted by Gasteiger charge is 2.19. The Balaban J connectivity index is 1.68. The van der Waals surface area contributed by atoms with Gasteiger partial charge in [0.05, 0.1) is 35.7 Å². The Kier molecular flexibility index (Phi) is 5.43. The van der Waals surface area contributed by atoms with E-state index in [2.05, 4.69) is 20.3 Å². The second-order valence-corrected chi connectivity index (χ2v) is 5.77. The Morgan fingerprint density at radius 2 is 1.69 bits per heavy atom. The molecule has 26 heavy (non-hydrogen) atoms. The van der Waals surface area contributed by atoms with E-state index in [0.717, 1.165) is 45.3 Å². The predicted molar refractivity (Wildman–Crippen MR) is 88.4 cm³/mol. The lowest BCUT2D eigenvalue weighted by Crippen LogP contribution is -2.37. The monoisotopic (exact) mass is 363 g/mol. The second kappa shape index (κ2) is 7.93. The standard InChI is InChI=1S/C14H17N7O5/c22-20(23)12-8-11(9-13(10-12)21(24)25)14-15-17-19(16-14)3-1-2-18-4-6-26-7-5-18/h8-10H,1-7H2. The minimum atomic E-state index is -0.691. The second-order valence-electron chi connectivity index (χ2n) is 5.77. The summed E-state index contributed by atoms with van der Waals surface area (Å²) < 4.78 is 5.29. The fourth-order valence-corrected chi connectivity index (χ4v) is 2.65. The van der Waals surface area contributed by atoms with Crippen LogP contribution < -0.4 is 0 Å². The van der Waals surface area contributed by atoms with Crippen molar-refractivity contribution in [1.29, 1.82) is 0 Å². The molecule has 0 bridgehead atoms. The van der Waals surface area contributed by atoms with Gasteiger partial charge in [0.2, 0.25) is 5.82 Å². The van der Waals surface area contributed by atoms with Gasteiger partial charge in [-0.1, -0.05) is 0 Å². The first-order chi connectivity index (χ1) is 12.5. The van der Waals surface area contributed by atoms with Gasteiger partial charge >= 0.3 is 0 Å². The van der Waals surface area contributed by atoms with Crippen molar-refractivity contribution < 1.29 is 14.6 Å². The van der Waals surface area contributed by atoms with Gasteiger partial charge in [-0.15, -0.1) is 10.2 Å². The molecule has 0 amide bonds. The Hall–Kier alpha value is -2.99. The van der Waals surface area contributed by atoms with E-state index in [1.165, 1.54) is 16.9 Å². The molecule has 12 heteroatoms. The third-order valence-corrected chi connectivity index (χ3v) is 3.97. The lowest BCUT2D eigenvalue weighted by Gasteiger charge is -2.26. The van der Waals surface area contributed by atoms with Crippen LogP contribution in [0.3, 0.4) is 0 Å². The minimum Gasteiger partial charge on any atom is -0.379 e. The molecule has 0 radical (unpaired) electrons. The molecule has 0 aliphatic carbocycles. The fraction of sp³-hybridized carbons (Fsp3) is 0.500. The summed E-state index contributed by atoms with van der Waals surface area (Å²) in [6.45, 7) is 4.67. The van der Waals surface area contributed by atoms with Crippen molar-refractivity contribution in [3.8, 4) is 11.4 Å². The predicted octanol–water partition coefficient (Wildman–Crippen LogP) is 0.879. The van der Waals surface area contributed by atoms with Crippen LogP contribution in [-0.4, -0.2) is 67.8 Å². The molecule has 12 nitrogen and oxygen atoms in total. The number of morpholine rings is 1. The molecule has 0 atom stereocenters. The SMILES string of the molecule is O=[N+]([O-])c1cc(-c2nnn(CCCN3CCOCC3)n2)cc([N+](=O)[O-])c1. The number of benzene rings is 1. The molecule has 1 saturated heterocycles. The molecule has 2 aromatic rings. The van der Waals surface area contributed by atoms with Gasteiger partial charge in [-0.2, -0.15) is 4.80 Å². The van der Waals surface area contributed by atoms with E-state index in [9.17, 15) is 20.2 Å². The van der Waals surface area contributed by atoms with Gasteiger partial charge < -0.3 is 4.74 Å². The van der Waals surface area contributed by atoms with Crippen LogP contribution in [0.1, 0.15) is 6.42 Å². The Morgan fingerprint density at radius 3 is 2.31 bits per heavy atom. The maximum Gasteiger partial charge on any atom is 0.277 e. The van der Waals surface area contributed by atoms with E-state index in [4.69, 9.17) is 4.74 Å². The van der Waals surface area contributed by atoms with Gasteiger partial charge in [-0.05, 0) is 11.6 Å².